The van der Waals surface area contributed by atoms with E-state index in [1.54, 1.807) is 7.11 Å². The predicted molar refractivity (Wildman–Crippen MR) is 65.0 cm³/mol. The highest BCUT2D eigenvalue weighted by Crippen LogP contribution is 2.28. The van der Waals surface area contributed by atoms with Gasteiger partial charge in [0.05, 0.1) is 7.11 Å². The fraction of sp³-hybridized carbons (Fsp3) is 0.385. The maximum atomic E-state index is 5.80. The van der Waals surface area contributed by atoms with Gasteiger partial charge in [0.2, 0.25) is 0 Å². The Morgan fingerprint density at radius 1 is 1.44 bits per heavy atom. The van der Waals surface area contributed by atoms with Crippen LogP contribution >= 0.6 is 0 Å². The van der Waals surface area contributed by atoms with Crippen LogP contribution in [0.15, 0.2) is 28.7 Å². The molecule has 3 nitrogen and oxygen atoms in total. The van der Waals surface area contributed by atoms with Gasteiger partial charge in [-0.05, 0) is 26.1 Å². The number of benzene rings is 1. The van der Waals surface area contributed by atoms with Crippen LogP contribution in [0.3, 0.4) is 0 Å². The summed E-state index contributed by atoms with van der Waals surface area (Å²) in [4.78, 5) is 0. The van der Waals surface area contributed by atoms with Crippen LogP contribution in [0.4, 0.5) is 0 Å². The molecule has 0 aliphatic rings. The van der Waals surface area contributed by atoms with E-state index in [1.165, 1.54) is 0 Å². The first-order valence-corrected chi connectivity index (χ1v) is 5.47. The molecule has 0 aliphatic heterocycles. The summed E-state index contributed by atoms with van der Waals surface area (Å²) in [6.45, 7) is 2.13. The number of hydrogen-bond donors (Lipinski definition) is 1. The van der Waals surface area contributed by atoms with Crippen molar-refractivity contribution >= 4 is 11.0 Å². The molecule has 2 aromatic rings. The van der Waals surface area contributed by atoms with E-state index in [2.05, 4.69) is 18.3 Å². The number of fused-ring (bicyclic) bond motifs is 1. The van der Waals surface area contributed by atoms with Crippen LogP contribution in [-0.2, 0) is 6.42 Å². The van der Waals surface area contributed by atoms with E-state index in [0.29, 0.717) is 6.04 Å². The van der Waals surface area contributed by atoms with Crippen molar-refractivity contribution in [3.8, 4) is 5.75 Å². The summed E-state index contributed by atoms with van der Waals surface area (Å²) in [6.07, 6.45) is 0.883. The van der Waals surface area contributed by atoms with Gasteiger partial charge in [-0.15, -0.1) is 0 Å². The SMILES string of the molecule is CNC(C)Cc1cc2cccc(OC)c2o1. The minimum absolute atomic E-state index is 0.409. The highest BCUT2D eigenvalue weighted by atomic mass is 16.5. The Morgan fingerprint density at radius 2 is 2.25 bits per heavy atom. The summed E-state index contributed by atoms with van der Waals surface area (Å²) in [7, 11) is 3.61. The van der Waals surface area contributed by atoms with Crippen molar-refractivity contribution in [3.63, 3.8) is 0 Å². The van der Waals surface area contributed by atoms with Crippen molar-refractivity contribution < 1.29 is 9.15 Å². The standard InChI is InChI=1S/C13H17NO2/c1-9(14-2)7-11-8-10-5-4-6-12(15-3)13(10)16-11/h4-6,8-9,14H,7H2,1-3H3. The Labute approximate surface area is 95.4 Å². The summed E-state index contributed by atoms with van der Waals surface area (Å²) in [5.74, 6) is 1.78. The smallest absolute Gasteiger partial charge is 0.176 e. The van der Waals surface area contributed by atoms with E-state index in [0.717, 1.165) is 28.9 Å². The van der Waals surface area contributed by atoms with Crippen molar-refractivity contribution in [2.24, 2.45) is 0 Å². The molecule has 2 rings (SSSR count). The average molecular weight is 219 g/mol. The van der Waals surface area contributed by atoms with Gasteiger partial charge in [-0.1, -0.05) is 12.1 Å². The Balaban J connectivity index is 2.36. The lowest BCUT2D eigenvalue weighted by Crippen LogP contribution is -2.23. The summed E-state index contributed by atoms with van der Waals surface area (Å²) in [5, 5.41) is 4.29. The molecule has 0 saturated heterocycles. The number of para-hydroxylation sites is 1. The van der Waals surface area contributed by atoms with Crippen molar-refractivity contribution in [3.05, 3.63) is 30.0 Å². The predicted octanol–water partition coefficient (Wildman–Crippen LogP) is 2.59. The Bertz CT molecular complexity index is 476. The molecule has 3 heteroatoms. The molecule has 1 unspecified atom stereocenters. The first kappa shape index (κ1) is 11.0. The van der Waals surface area contributed by atoms with E-state index in [1.807, 2.05) is 25.2 Å². The zero-order valence-corrected chi connectivity index (χ0v) is 9.91. The number of hydrogen-bond acceptors (Lipinski definition) is 3. The van der Waals surface area contributed by atoms with Gasteiger partial charge in [-0.3, -0.25) is 0 Å². The molecule has 0 fully saturated rings. The maximum Gasteiger partial charge on any atom is 0.176 e. The maximum absolute atomic E-state index is 5.80. The molecule has 0 saturated carbocycles. The van der Waals surface area contributed by atoms with Crippen molar-refractivity contribution in [2.75, 3.05) is 14.2 Å². The zero-order chi connectivity index (χ0) is 11.5. The van der Waals surface area contributed by atoms with Gasteiger partial charge in [-0.25, -0.2) is 0 Å². The van der Waals surface area contributed by atoms with E-state index in [9.17, 15) is 0 Å². The van der Waals surface area contributed by atoms with Gasteiger partial charge in [-0.2, -0.15) is 0 Å². The zero-order valence-electron chi connectivity index (χ0n) is 9.91. The second-order valence-corrected chi connectivity index (χ2v) is 3.99. The van der Waals surface area contributed by atoms with Crippen LogP contribution in [0.25, 0.3) is 11.0 Å². The highest BCUT2D eigenvalue weighted by molar-refractivity contribution is 5.83. The first-order valence-electron chi connectivity index (χ1n) is 5.47. The quantitative estimate of drug-likeness (QED) is 0.858. The van der Waals surface area contributed by atoms with E-state index < -0.39 is 0 Å². The molecule has 0 amide bonds. The molecule has 86 valence electrons. The molecular weight excluding hydrogens is 202 g/mol. The third kappa shape index (κ3) is 2.04. The van der Waals surface area contributed by atoms with Gasteiger partial charge in [0, 0.05) is 17.8 Å². The van der Waals surface area contributed by atoms with Crippen molar-refractivity contribution in [2.45, 2.75) is 19.4 Å². The topological polar surface area (TPSA) is 34.4 Å². The number of rotatable bonds is 4. The monoisotopic (exact) mass is 219 g/mol. The lowest BCUT2D eigenvalue weighted by atomic mass is 10.2. The highest BCUT2D eigenvalue weighted by Gasteiger charge is 2.10. The Morgan fingerprint density at radius 3 is 2.94 bits per heavy atom. The summed E-state index contributed by atoms with van der Waals surface area (Å²) < 4.78 is 11.1. The van der Waals surface area contributed by atoms with E-state index in [-0.39, 0.29) is 0 Å². The van der Waals surface area contributed by atoms with Gasteiger partial charge in [0.25, 0.3) is 0 Å². The molecule has 1 aromatic heterocycles. The molecule has 16 heavy (non-hydrogen) atoms. The van der Waals surface area contributed by atoms with Gasteiger partial charge in [0.1, 0.15) is 5.76 Å². The lowest BCUT2D eigenvalue weighted by Gasteiger charge is -2.06. The number of nitrogens with one attached hydrogen (secondary N) is 1. The van der Waals surface area contributed by atoms with Crippen LogP contribution in [-0.4, -0.2) is 20.2 Å². The molecule has 1 aromatic carbocycles. The number of ether oxygens (including phenoxy) is 1. The van der Waals surface area contributed by atoms with Crippen molar-refractivity contribution in [1.29, 1.82) is 0 Å². The van der Waals surface area contributed by atoms with E-state index >= 15 is 0 Å². The first-order chi connectivity index (χ1) is 7.74. The Hall–Kier alpha value is -1.48. The second-order valence-electron chi connectivity index (χ2n) is 3.99. The third-order valence-corrected chi connectivity index (χ3v) is 2.78. The van der Waals surface area contributed by atoms with Crippen LogP contribution < -0.4 is 10.1 Å². The Kier molecular flexibility index (Phi) is 3.15. The normalized spacial score (nSPS) is 12.9. The molecule has 0 aliphatic carbocycles. The summed E-state index contributed by atoms with van der Waals surface area (Å²) in [5.41, 5.74) is 0.836. The van der Waals surface area contributed by atoms with Crippen LogP contribution in [0, 0.1) is 0 Å². The van der Waals surface area contributed by atoms with Crippen LogP contribution in [0.5, 0.6) is 5.75 Å². The molecule has 1 N–H and O–H groups in total. The van der Waals surface area contributed by atoms with E-state index in [4.69, 9.17) is 9.15 Å². The molecule has 1 atom stereocenters. The third-order valence-electron chi connectivity index (χ3n) is 2.78. The average Bonchev–Trinajstić information content (AvgIpc) is 2.70. The fourth-order valence-corrected chi connectivity index (χ4v) is 1.75. The molecule has 0 spiro atoms. The molecule has 1 heterocycles. The minimum Gasteiger partial charge on any atom is -0.493 e. The number of furan rings is 1. The minimum atomic E-state index is 0.409. The second kappa shape index (κ2) is 4.58. The molecule has 0 bridgehead atoms. The van der Waals surface area contributed by atoms with Gasteiger partial charge < -0.3 is 14.5 Å². The number of likely N-dealkylation sites (N-methyl/N-ethyl adjacent to an activating group) is 1. The van der Waals surface area contributed by atoms with Gasteiger partial charge in [0.15, 0.2) is 11.3 Å². The van der Waals surface area contributed by atoms with Crippen molar-refractivity contribution in [1.82, 2.24) is 5.32 Å². The van der Waals surface area contributed by atoms with Gasteiger partial charge >= 0.3 is 0 Å². The molecular formula is C13H17NO2. The molecule has 0 radical (unpaired) electrons. The lowest BCUT2D eigenvalue weighted by molar-refractivity contribution is 0.405. The van der Waals surface area contributed by atoms with Crippen LogP contribution in [0.1, 0.15) is 12.7 Å². The summed E-state index contributed by atoms with van der Waals surface area (Å²) >= 11 is 0. The number of methoxy groups -OCH3 is 1. The summed E-state index contributed by atoms with van der Waals surface area (Å²) in [6, 6.07) is 8.41. The fourth-order valence-electron chi connectivity index (χ4n) is 1.75. The van der Waals surface area contributed by atoms with Crippen LogP contribution in [0.2, 0.25) is 0 Å². The largest absolute Gasteiger partial charge is 0.493 e.